The number of carboxylic acid groups (broad SMARTS) is 1. The first-order chi connectivity index (χ1) is 7.33. The number of carbonyl (C=O) groups is 1. The molecule has 0 saturated carbocycles. The molecule has 1 aromatic carbocycles. The van der Waals surface area contributed by atoms with Gasteiger partial charge in [-0.05, 0) is 29.5 Å². The molecule has 1 aromatic rings. The molecule has 0 saturated heterocycles. The molecule has 0 spiro atoms. The van der Waals surface area contributed by atoms with Gasteiger partial charge in [-0.25, -0.2) is 4.39 Å². The van der Waals surface area contributed by atoms with Crippen LogP contribution in [0, 0.1) is 5.82 Å². The number of aliphatic carboxylic acids is 1. The number of rotatable bonds is 4. The first kappa shape index (κ1) is 12.6. The molecule has 0 aliphatic rings. The first-order valence-corrected chi connectivity index (χ1v) is 5.07. The van der Waals surface area contributed by atoms with Gasteiger partial charge in [0.05, 0.1) is 0 Å². The number of hydrogen-bond donors (Lipinski definition) is 2. The fraction of sp³-hybridized carbons (Fsp3) is 0.417. The monoisotopic (exact) mass is 225 g/mol. The molecule has 0 radical (unpaired) electrons. The van der Waals surface area contributed by atoms with Crippen molar-refractivity contribution in [1.82, 2.24) is 0 Å². The Bertz CT molecular complexity index is 373. The normalized spacial score (nSPS) is 13.5. The molecule has 16 heavy (non-hydrogen) atoms. The van der Waals surface area contributed by atoms with Crippen LogP contribution in [-0.4, -0.2) is 17.1 Å². The molecule has 88 valence electrons. The van der Waals surface area contributed by atoms with Gasteiger partial charge in [0.15, 0.2) is 0 Å². The minimum atomic E-state index is -1.02. The summed E-state index contributed by atoms with van der Waals surface area (Å²) in [4.78, 5) is 10.7. The Kier molecular flexibility index (Phi) is 3.65. The highest BCUT2D eigenvalue weighted by Gasteiger charge is 2.26. The lowest BCUT2D eigenvalue weighted by Crippen LogP contribution is -2.36. The zero-order valence-electron chi connectivity index (χ0n) is 9.40. The molecular formula is C12H16FNO2. The molecule has 1 unspecified atom stereocenters. The average molecular weight is 225 g/mol. The predicted octanol–water partition coefficient (Wildman–Crippen LogP) is 1.91. The molecule has 3 nitrogen and oxygen atoms in total. The zero-order chi connectivity index (χ0) is 12.3. The van der Waals surface area contributed by atoms with Gasteiger partial charge >= 0.3 is 5.97 Å². The Hall–Kier alpha value is -1.42. The Balaban J connectivity index is 2.84. The minimum Gasteiger partial charge on any atom is -0.480 e. The van der Waals surface area contributed by atoms with Crippen molar-refractivity contribution in [1.29, 1.82) is 0 Å². The number of hydrogen-bond acceptors (Lipinski definition) is 2. The second-order valence-electron chi connectivity index (χ2n) is 4.54. The van der Waals surface area contributed by atoms with Crippen LogP contribution in [0.2, 0.25) is 0 Å². The van der Waals surface area contributed by atoms with E-state index in [0.29, 0.717) is 6.42 Å². The zero-order valence-corrected chi connectivity index (χ0v) is 9.40. The number of benzene rings is 1. The van der Waals surface area contributed by atoms with Crippen LogP contribution in [0.15, 0.2) is 24.3 Å². The van der Waals surface area contributed by atoms with Gasteiger partial charge in [0.1, 0.15) is 11.9 Å². The summed E-state index contributed by atoms with van der Waals surface area (Å²) in [5.74, 6) is -1.32. The maximum absolute atomic E-state index is 12.7. The molecule has 0 aliphatic carbocycles. The van der Waals surface area contributed by atoms with Crippen molar-refractivity contribution in [2.45, 2.75) is 31.7 Å². The van der Waals surface area contributed by atoms with Crippen LogP contribution in [0.3, 0.4) is 0 Å². The third-order valence-corrected chi connectivity index (χ3v) is 2.67. The molecule has 4 heteroatoms. The summed E-state index contributed by atoms with van der Waals surface area (Å²) in [7, 11) is 0. The molecule has 1 atom stereocenters. The van der Waals surface area contributed by atoms with Crippen molar-refractivity contribution in [2.75, 3.05) is 0 Å². The number of halogens is 1. The van der Waals surface area contributed by atoms with Crippen molar-refractivity contribution in [3.8, 4) is 0 Å². The number of carboxylic acids is 1. The van der Waals surface area contributed by atoms with Crippen molar-refractivity contribution in [3.05, 3.63) is 35.6 Å². The number of nitrogens with two attached hydrogens (primary N) is 1. The molecule has 0 heterocycles. The van der Waals surface area contributed by atoms with E-state index < -0.39 is 12.0 Å². The van der Waals surface area contributed by atoms with Crippen molar-refractivity contribution < 1.29 is 14.3 Å². The van der Waals surface area contributed by atoms with Crippen LogP contribution < -0.4 is 5.73 Å². The highest BCUT2D eigenvalue weighted by molar-refractivity contribution is 5.73. The van der Waals surface area contributed by atoms with Gasteiger partial charge in [-0.15, -0.1) is 0 Å². The lowest BCUT2D eigenvalue weighted by atomic mass is 9.79. The maximum Gasteiger partial charge on any atom is 0.320 e. The van der Waals surface area contributed by atoms with E-state index >= 15 is 0 Å². The molecule has 0 amide bonds. The Labute approximate surface area is 94.1 Å². The molecular weight excluding hydrogens is 209 g/mol. The van der Waals surface area contributed by atoms with E-state index in [9.17, 15) is 9.18 Å². The largest absolute Gasteiger partial charge is 0.480 e. The summed E-state index contributed by atoms with van der Waals surface area (Å²) < 4.78 is 12.7. The third-order valence-electron chi connectivity index (χ3n) is 2.67. The summed E-state index contributed by atoms with van der Waals surface area (Å²) in [6, 6.07) is 5.14. The lowest BCUT2D eigenvalue weighted by molar-refractivity contribution is -0.139. The van der Waals surface area contributed by atoms with Crippen LogP contribution >= 0.6 is 0 Å². The highest BCUT2D eigenvalue weighted by Crippen LogP contribution is 2.28. The van der Waals surface area contributed by atoms with E-state index in [1.54, 1.807) is 12.1 Å². The van der Waals surface area contributed by atoms with Crippen molar-refractivity contribution in [3.63, 3.8) is 0 Å². The van der Waals surface area contributed by atoms with Crippen LogP contribution in [0.5, 0.6) is 0 Å². The van der Waals surface area contributed by atoms with E-state index in [1.165, 1.54) is 12.1 Å². The summed E-state index contributed by atoms with van der Waals surface area (Å²) in [6.07, 6.45) is 0.313. The van der Waals surface area contributed by atoms with Gasteiger partial charge in [-0.1, -0.05) is 26.0 Å². The van der Waals surface area contributed by atoms with Gasteiger partial charge in [-0.3, -0.25) is 4.79 Å². The highest BCUT2D eigenvalue weighted by atomic mass is 19.1. The second-order valence-corrected chi connectivity index (χ2v) is 4.54. The van der Waals surface area contributed by atoms with E-state index in [1.807, 2.05) is 13.8 Å². The van der Waals surface area contributed by atoms with E-state index in [4.69, 9.17) is 10.8 Å². The summed E-state index contributed by atoms with van der Waals surface area (Å²) >= 11 is 0. The quantitative estimate of drug-likeness (QED) is 0.822. The van der Waals surface area contributed by atoms with Gasteiger partial charge in [0.25, 0.3) is 0 Å². The van der Waals surface area contributed by atoms with Gasteiger partial charge in [0, 0.05) is 0 Å². The molecule has 1 rings (SSSR count). The van der Waals surface area contributed by atoms with Crippen LogP contribution in [-0.2, 0) is 10.2 Å². The minimum absolute atomic E-state index is 0.304. The van der Waals surface area contributed by atoms with Crippen molar-refractivity contribution in [2.24, 2.45) is 5.73 Å². The van der Waals surface area contributed by atoms with Crippen LogP contribution in [0.4, 0.5) is 4.39 Å². The molecule has 0 bridgehead atoms. The summed E-state index contributed by atoms with van der Waals surface area (Å²) in [5, 5.41) is 8.75. The van der Waals surface area contributed by atoms with Crippen LogP contribution in [0.1, 0.15) is 25.8 Å². The summed E-state index contributed by atoms with van der Waals surface area (Å²) in [6.45, 7) is 3.78. The SMILES string of the molecule is CC(C)(CC(N)C(=O)O)c1ccc(F)cc1. The van der Waals surface area contributed by atoms with Gasteiger partial charge in [0.2, 0.25) is 0 Å². The van der Waals surface area contributed by atoms with Crippen LogP contribution in [0.25, 0.3) is 0 Å². The molecule has 0 aromatic heterocycles. The fourth-order valence-electron chi connectivity index (χ4n) is 1.66. The lowest BCUT2D eigenvalue weighted by Gasteiger charge is -2.27. The van der Waals surface area contributed by atoms with Gasteiger partial charge < -0.3 is 10.8 Å². The Morgan fingerprint density at radius 2 is 1.94 bits per heavy atom. The Morgan fingerprint density at radius 3 is 2.38 bits per heavy atom. The van der Waals surface area contributed by atoms with E-state index in [2.05, 4.69) is 0 Å². The molecule has 0 fully saturated rings. The fourth-order valence-corrected chi connectivity index (χ4v) is 1.66. The topological polar surface area (TPSA) is 63.3 Å². The first-order valence-electron chi connectivity index (χ1n) is 5.07. The van der Waals surface area contributed by atoms with Gasteiger partial charge in [-0.2, -0.15) is 0 Å². The molecule has 0 aliphatic heterocycles. The Morgan fingerprint density at radius 1 is 1.44 bits per heavy atom. The average Bonchev–Trinajstić information content (AvgIpc) is 2.17. The summed E-state index contributed by atoms with van der Waals surface area (Å²) in [5.41, 5.74) is 5.99. The second kappa shape index (κ2) is 4.61. The third kappa shape index (κ3) is 3.03. The van der Waals surface area contributed by atoms with E-state index in [0.717, 1.165) is 5.56 Å². The van der Waals surface area contributed by atoms with Crippen molar-refractivity contribution >= 4 is 5.97 Å². The standard InChI is InChI=1S/C12H16FNO2/c1-12(2,7-10(14)11(15)16)8-3-5-9(13)6-4-8/h3-6,10H,7,14H2,1-2H3,(H,15,16). The van der Waals surface area contributed by atoms with E-state index in [-0.39, 0.29) is 11.2 Å². The smallest absolute Gasteiger partial charge is 0.320 e. The predicted molar refractivity (Wildman–Crippen MR) is 59.7 cm³/mol. The molecule has 3 N–H and O–H groups in total. The maximum atomic E-state index is 12.7.